The number of benzene rings is 1. The molecule has 7 nitrogen and oxygen atoms in total. The van der Waals surface area contributed by atoms with Gasteiger partial charge in [-0.3, -0.25) is 14.4 Å². The normalized spacial score (nSPS) is 29.7. The molecule has 0 aromatic heterocycles. The quantitative estimate of drug-likeness (QED) is 0.581. The van der Waals surface area contributed by atoms with E-state index in [0.29, 0.717) is 19.4 Å². The number of carbonyl (C=O) groups is 3. The van der Waals surface area contributed by atoms with E-state index in [-0.39, 0.29) is 35.2 Å². The SMILES string of the molecule is C=CCO[C@@H]1Cc2ccccc2[C@@H]1NC(=O)[C@H]1N2C(=O)[C@@H](NC(=O)[CH]C)CCS[C@H]2CC1(C)C. The monoisotopic (exact) mass is 484 g/mol. The highest BCUT2D eigenvalue weighted by Crippen LogP contribution is 2.46. The lowest BCUT2D eigenvalue weighted by atomic mass is 9.83. The van der Waals surface area contributed by atoms with Crippen molar-refractivity contribution in [2.75, 3.05) is 12.4 Å². The zero-order chi connectivity index (χ0) is 24.5. The van der Waals surface area contributed by atoms with Gasteiger partial charge < -0.3 is 20.3 Å². The molecular weight excluding hydrogens is 450 g/mol. The van der Waals surface area contributed by atoms with E-state index in [9.17, 15) is 14.4 Å². The van der Waals surface area contributed by atoms with E-state index >= 15 is 0 Å². The fourth-order valence-electron chi connectivity index (χ4n) is 5.41. The summed E-state index contributed by atoms with van der Waals surface area (Å²) in [5.74, 6) is 0.122. The van der Waals surface area contributed by atoms with Gasteiger partial charge in [0.1, 0.15) is 12.1 Å². The number of nitrogens with zero attached hydrogens (tertiary/aromatic N) is 1. The van der Waals surface area contributed by atoms with Crippen LogP contribution in [-0.2, 0) is 25.5 Å². The van der Waals surface area contributed by atoms with E-state index in [1.807, 2.05) is 32.0 Å². The Labute approximate surface area is 206 Å². The highest BCUT2D eigenvalue weighted by atomic mass is 32.2. The Balaban J connectivity index is 1.59. The van der Waals surface area contributed by atoms with Gasteiger partial charge in [-0.05, 0) is 35.1 Å². The average Bonchev–Trinajstić information content (AvgIpc) is 3.24. The Hall–Kier alpha value is -2.32. The maximum Gasteiger partial charge on any atom is 0.246 e. The van der Waals surface area contributed by atoms with Crippen LogP contribution in [0, 0.1) is 11.8 Å². The van der Waals surface area contributed by atoms with Crippen molar-refractivity contribution in [2.24, 2.45) is 5.41 Å². The Morgan fingerprint density at radius 3 is 2.79 bits per heavy atom. The van der Waals surface area contributed by atoms with Crippen LogP contribution in [0.5, 0.6) is 0 Å². The molecule has 0 spiro atoms. The topological polar surface area (TPSA) is 87.7 Å². The van der Waals surface area contributed by atoms with Crippen molar-refractivity contribution in [1.82, 2.24) is 15.5 Å². The number of hydrogen-bond acceptors (Lipinski definition) is 5. The van der Waals surface area contributed by atoms with Crippen molar-refractivity contribution < 1.29 is 19.1 Å². The van der Waals surface area contributed by atoms with Gasteiger partial charge in [-0.25, -0.2) is 0 Å². The van der Waals surface area contributed by atoms with Crippen LogP contribution in [0.2, 0.25) is 0 Å². The van der Waals surface area contributed by atoms with Crippen molar-refractivity contribution in [3.63, 3.8) is 0 Å². The minimum atomic E-state index is -0.631. The summed E-state index contributed by atoms with van der Waals surface area (Å²) in [5, 5.41) is 5.96. The number of fused-ring (bicyclic) bond motifs is 2. The first-order chi connectivity index (χ1) is 16.3. The molecule has 1 aromatic carbocycles. The fraction of sp³-hybridized carbons (Fsp3) is 0.538. The molecule has 3 aliphatic rings. The second-order valence-electron chi connectivity index (χ2n) is 9.85. The van der Waals surface area contributed by atoms with Gasteiger partial charge in [0, 0.05) is 12.8 Å². The van der Waals surface area contributed by atoms with Crippen LogP contribution in [-0.4, -0.2) is 58.5 Å². The number of amides is 3. The molecule has 2 N–H and O–H groups in total. The van der Waals surface area contributed by atoms with Crippen LogP contribution in [0.3, 0.4) is 0 Å². The first-order valence-corrected chi connectivity index (χ1v) is 13.0. The van der Waals surface area contributed by atoms with E-state index in [4.69, 9.17) is 4.74 Å². The average molecular weight is 485 g/mol. The van der Waals surface area contributed by atoms with E-state index in [0.717, 1.165) is 23.3 Å². The highest BCUT2D eigenvalue weighted by Gasteiger charge is 2.55. The summed E-state index contributed by atoms with van der Waals surface area (Å²) in [5.41, 5.74) is 1.80. The van der Waals surface area contributed by atoms with Gasteiger partial charge in [0.2, 0.25) is 17.7 Å². The molecule has 3 amide bonds. The van der Waals surface area contributed by atoms with Crippen molar-refractivity contribution in [2.45, 2.75) is 69.6 Å². The molecule has 1 aliphatic carbocycles. The number of thioether (sulfide) groups is 1. The molecule has 2 saturated heterocycles. The van der Waals surface area contributed by atoms with Crippen LogP contribution in [0.1, 0.15) is 50.8 Å². The zero-order valence-corrected chi connectivity index (χ0v) is 20.9. The minimum Gasteiger partial charge on any atom is -0.371 e. The van der Waals surface area contributed by atoms with Crippen molar-refractivity contribution >= 4 is 29.5 Å². The molecule has 4 rings (SSSR count). The third-order valence-electron chi connectivity index (χ3n) is 7.03. The maximum absolute atomic E-state index is 13.9. The maximum atomic E-state index is 13.9. The standard InChI is InChI=1S/C26H34N3O4S/c1-5-12-33-19-14-16-9-7-8-10-17(16)22(19)28-24(31)23-26(3,4)15-21-29(23)25(32)18(11-13-34-21)27-20(30)6-2/h5-10,18-19,21-23H,1,11-15H2,2-4H3,(H,27,30)(H,28,31)/t18-,19+,21-,22-,23+/m0/s1. The number of nitrogens with one attached hydrogen (secondary N) is 2. The predicted molar refractivity (Wildman–Crippen MR) is 133 cm³/mol. The number of ether oxygens (including phenoxy) is 1. The molecule has 2 heterocycles. The molecule has 2 aliphatic heterocycles. The van der Waals surface area contributed by atoms with Gasteiger partial charge in [0.05, 0.1) is 24.1 Å². The molecular formula is C26H34N3O4S. The molecule has 2 fully saturated rings. The lowest BCUT2D eigenvalue weighted by Gasteiger charge is -2.35. The second-order valence-corrected chi connectivity index (χ2v) is 11.1. The van der Waals surface area contributed by atoms with Crippen LogP contribution in [0.4, 0.5) is 0 Å². The molecule has 0 saturated carbocycles. The first-order valence-electron chi connectivity index (χ1n) is 11.9. The molecule has 0 unspecified atom stereocenters. The molecule has 8 heteroatoms. The van der Waals surface area contributed by atoms with E-state index in [2.05, 4.69) is 23.3 Å². The summed E-state index contributed by atoms with van der Waals surface area (Å²) < 4.78 is 6.02. The Kier molecular flexibility index (Phi) is 7.38. The van der Waals surface area contributed by atoms with Crippen LogP contribution >= 0.6 is 11.8 Å². The highest BCUT2D eigenvalue weighted by molar-refractivity contribution is 7.99. The van der Waals surface area contributed by atoms with E-state index in [1.165, 1.54) is 6.42 Å². The van der Waals surface area contributed by atoms with Gasteiger partial charge in [-0.2, -0.15) is 0 Å². The molecule has 0 bridgehead atoms. The third kappa shape index (κ3) is 4.75. The van der Waals surface area contributed by atoms with Gasteiger partial charge in [0.25, 0.3) is 0 Å². The number of carbonyl (C=O) groups excluding carboxylic acids is 3. The summed E-state index contributed by atoms with van der Waals surface area (Å²) in [7, 11) is 0. The molecule has 1 aromatic rings. The number of rotatable bonds is 7. The van der Waals surface area contributed by atoms with Gasteiger partial charge in [0.15, 0.2) is 0 Å². The van der Waals surface area contributed by atoms with Crippen molar-refractivity contribution in [1.29, 1.82) is 0 Å². The smallest absolute Gasteiger partial charge is 0.246 e. The van der Waals surface area contributed by atoms with Gasteiger partial charge in [-0.15, -0.1) is 18.3 Å². The summed E-state index contributed by atoms with van der Waals surface area (Å²) in [6.45, 7) is 9.88. The Morgan fingerprint density at radius 1 is 1.29 bits per heavy atom. The second kappa shape index (κ2) is 10.1. The van der Waals surface area contributed by atoms with Crippen LogP contribution < -0.4 is 10.6 Å². The van der Waals surface area contributed by atoms with E-state index in [1.54, 1.807) is 29.7 Å². The fourth-order valence-corrected chi connectivity index (χ4v) is 6.99. The van der Waals surface area contributed by atoms with Crippen LogP contribution in [0.15, 0.2) is 36.9 Å². The molecule has 34 heavy (non-hydrogen) atoms. The largest absolute Gasteiger partial charge is 0.371 e. The van der Waals surface area contributed by atoms with Crippen molar-refractivity contribution in [3.8, 4) is 0 Å². The van der Waals surface area contributed by atoms with Gasteiger partial charge >= 0.3 is 0 Å². The van der Waals surface area contributed by atoms with Crippen LogP contribution in [0.25, 0.3) is 0 Å². The summed E-state index contributed by atoms with van der Waals surface area (Å²) in [4.78, 5) is 41.2. The lowest BCUT2D eigenvalue weighted by molar-refractivity contribution is -0.144. The molecule has 5 atom stereocenters. The third-order valence-corrected chi connectivity index (χ3v) is 8.28. The molecule has 1 radical (unpaired) electrons. The summed E-state index contributed by atoms with van der Waals surface area (Å²) >= 11 is 1.69. The molecule has 183 valence electrons. The number of hydrogen-bond donors (Lipinski definition) is 2. The van der Waals surface area contributed by atoms with E-state index < -0.39 is 17.5 Å². The minimum absolute atomic E-state index is 0.0885. The zero-order valence-electron chi connectivity index (χ0n) is 20.1. The van der Waals surface area contributed by atoms with Gasteiger partial charge in [-0.1, -0.05) is 51.1 Å². The predicted octanol–water partition coefficient (Wildman–Crippen LogP) is 2.77. The Morgan fingerprint density at radius 2 is 2.06 bits per heavy atom. The summed E-state index contributed by atoms with van der Waals surface area (Å²) in [6.07, 6.45) is 4.92. The first kappa shape index (κ1) is 24.8. The Bertz CT molecular complexity index is 965. The lowest BCUT2D eigenvalue weighted by Crippen LogP contribution is -2.57. The van der Waals surface area contributed by atoms with Crippen molar-refractivity contribution in [3.05, 3.63) is 54.5 Å². The summed E-state index contributed by atoms with van der Waals surface area (Å²) in [6, 6.07) is 6.51.